The molecule has 0 unspecified atom stereocenters. The first-order chi connectivity index (χ1) is 14.8. The highest BCUT2D eigenvalue weighted by atomic mass is 16.5. The summed E-state index contributed by atoms with van der Waals surface area (Å²) in [5.41, 5.74) is 3.47. The van der Waals surface area contributed by atoms with Crippen molar-refractivity contribution in [3.05, 3.63) is 112 Å². The van der Waals surface area contributed by atoms with Gasteiger partial charge in [-0.2, -0.15) is 0 Å². The molecule has 0 spiro atoms. The van der Waals surface area contributed by atoms with E-state index in [-0.39, 0.29) is 5.43 Å². The molecule has 0 aliphatic carbocycles. The van der Waals surface area contributed by atoms with Gasteiger partial charge in [0, 0.05) is 17.8 Å². The number of rotatable bonds is 6. The van der Waals surface area contributed by atoms with Gasteiger partial charge in [-0.05, 0) is 23.3 Å². The maximum Gasteiger partial charge on any atom is 0.189 e. The van der Waals surface area contributed by atoms with E-state index in [0.29, 0.717) is 42.0 Å². The maximum atomic E-state index is 12.3. The summed E-state index contributed by atoms with van der Waals surface area (Å²) in [6.45, 7) is 1.22. The Balaban J connectivity index is 1.52. The van der Waals surface area contributed by atoms with Crippen molar-refractivity contribution < 1.29 is 9.47 Å². The SMILES string of the molecule is O=c1cc[nH]c2c(OCc3ccccc3)cc(C#CCOCc3ccccc3)cc12. The molecule has 0 aliphatic rings. The first kappa shape index (κ1) is 19.5. The molecule has 1 N–H and O–H groups in total. The van der Waals surface area contributed by atoms with Gasteiger partial charge in [0.15, 0.2) is 5.43 Å². The molecule has 4 nitrogen and oxygen atoms in total. The van der Waals surface area contributed by atoms with Crippen LogP contribution in [0.25, 0.3) is 10.9 Å². The average molecular weight is 395 g/mol. The Kier molecular flexibility index (Phi) is 6.24. The number of H-pyrrole nitrogens is 1. The van der Waals surface area contributed by atoms with Gasteiger partial charge in [-0.3, -0.25) is 4.79 Å². The number of pyridine rings is 1. The topological polar surface area (TPSA) is 51.3 Å². The lowest BCUT2D eigenvalue weighted by Crippen LogP contribution is -2.03. The lowest BCUT2D eigenvalue weighted by Gasteiger charge is -2.10. The zero-order valence-electron chi connectivity index (χ0n) is 16.4. The van der Waals surface area contributed by atoms with Gasteiger partial charge >= 0.3 is 0 Å². The van der Waals surface area contributed by atoms with E-state index in [0.717, 1.165) is 11.1 Å². The van der Waals surface area contributed by atoms with Crippen LogP contribution in [0, 0.1) is 11.8 Å². The van der Waals surface area contributed by atoms with Gasteiger partial charge in [0.05, 0.1) is 17.5 Å². The van der Waals surface area contributed by atoms with Crippen molar-refractivity contribution in [2.45, 2.75) is 13.2 Å². The molecule has 4 heteroatoms. The highest BCUT2D eigenvalue weighted by molar-refractivity contribution is 5.85. The minimum absolute atomic E-state index is 0.0720. The third kappa shape index (κ3) is 4.96. The summed E-state index contributed by atoms with van der Waals surface area (Å²) in [6, 6.07) is 25.0. The zero-order valence-corrected chi connectivity index (χ0v) is 16.4. The lowest BCUT2D eigenvalue weighted by molar-refractivity contribution is 0.153. The normalized spacial score (nSPS) is 10.4. The van der Waals surface area contributed by atoms with Crippen molar-refractivity contribution in [1.29, 1.82) is 0 Å². The number of nitrogens with one attached hydrogen (secondary N) is 1. The predicted molar refractivity (Wildman–Crippen MR) is 118 cm³/mol. The predicted octanol–water partition coefficient (Wildman–Crippen LogP) is 4.68. The van der Waals surface area contributed by atoms with Crippen molar-refractivity contribution in [3.63, 3.8) is 0 Å². The molecule has 0 saturated heterocycles. The van der Waals surface area contributed by atoms with Gasteiger partial charge < -0.3 is 14.5 Å². The van der Waals surface area contributed by atoms with E-state index in [2.05, 4.69) is 16.8 Å². The van der Waals surface area contributed by atoms with Gasteiger partial charge in [0.1, 0.15) is 19.0 Å². The van der Waals surface area contributed by atoms with Crippen LogP contribution >= 0.6 is 0 Å². The second-order valence-corrected chi connectivity index (χ2v) is 6.79. The summed E-state index contributed by atoms with van der Waals surface area (Å²) in [6.07, 6.45) is 1.63. The Bertz CT molecular complexity index is 1240. The van der Waals surface area contributed by atoms with Crippen LogP contribution in [0.1, 0.15) is 16.7 Å². The lowest BCUT2D eigenvalue weighted by atomic mass is 10.1. The molecule has 0 amide bonds. The van der Waals surface area contributed by atoms with E-state index >= 15 is 0 Å². The number of hydrogen-bond acceptors (Lipinski definition) is 3. The average Bonchev–Trinajstić information content (AvgIpc) is 2.79. The summed E-state index contributed by atoms with van der Waals surface area (Å²) in [7, 11) is 0. The Labute approximate surface area is 175 Å². The Morgan fingerprint density at radius 2 is 1.53 bits per heavy atom. The molecule has 4 aromatic rings. The number of fused-ring (bicyclic) bond motifs is 1. The third-order valence-corrected chi connectivity index (χ3v) is 4.59. The van der Waals surface area contributed by atoms with Crippen molar-refractivity contribution >= 4 is 10.9 Å². The number of aromatic amines is 1. The largest absolute Gasteiger partial charge is 0.487 e. The smallest absolute Gasteiger partial charge is 0.189 e. The van der Waals surface area contributed by atoms with Crippen LogP contribution in [0.5, 0.6) is 5.75 Å². The Morgan fingerprint density at radius 1 is 0.833 bits per heavy atom. The summed E-state index contributed by atoms with van der Waals surface area (Å²) < 4.78 is 11.6. The second kappa shape index (κ2) is 9.60. The fourth-order valence-corrected chi connectivity index (χ4v) is 3.10. The summed E-state index contributed by atoms with van der Waals surface area (Å²) in [5.74, 6) is 6.70. The molecule has 0 radical (unpaired) electrons. The molecular weight excluding hydrogens is 374 g/mol. The first-order valence-electron chi connectivity index (χ1n) is 9.72. The number of hydrogen-bond donors (Lipinski definition) is 1. The highest BCUT2D eigenvalue weighted by Crippen LogP contribution is 2.24. The molecule has 1 aromatic heterocycles. The van der Waals surface area contributed by atoms with Gasteiger partial charge in [-0.15, -0.1) is 0 Å². The van der Waals surface area contributed by atoms with Gasteiger partial charge in [0.25, 0.3) is 0 Å². The fourth-order valence-electron chi connectivity index (χ4n) is 3.10. The minimum Gasteiger partial charge on any atom is -0.487 e. The van der Waals surface area contributed by atoms with Crippen LogP contribution in [-0.4, -0.2) is 11.6 Å². The summed E-state index contributed by atoms with van der Waals surface area (Å²) >= 11 is 0. The first-order valence-corrected chi connectivity index (χ1v) is 9.72. The van der Waals surface area contributed by atoms with E-state index in [1.165, 1.54) is 6.07 Å². The standard InChI is InChI=1S/C26H21NO3/c28-24-13-14-27-26-23(24)16-22(12-7-15-29-18-20-8-3-1-4-9-20)17-25(26)30-19-21-10-5-2-6-11-21/h1-6,8-11,13-14,16-17H,15,18-19H2,(H,27,28). The number of ether oxygens (including phenoxy) is 2. The van der Waals surface area contributed by atoms with E-state index in [4.69, 9.17) is 9.47 Å². The van der Waals surface area contributed by atoms with E-state index in [9.17, 15) is 4.79 Å². The monoisotopic (exact) mass is 395 g/mol. The van der Waals surface area contributed by atoms with E-state index < -0.39 is 0 Å². The number of aromatic nitrogens is 1. The second-order valence-electron chi connectivity index (χ2n) is 6.79. The summed E-state index contributed by atoms with van der Waals surface area (Å²) in [4.78, 5) is 15.5. The van der Waals surface area contributed by atoms with Crippen molar-refractivity contribution in [3.8, 4) is 17.6 Å². The molecule has 0 fully saturated rings. The Hall–Kier alpha value is -3.81. The molecule has 0 aliphatic heterocycles. The van der Waals surface area contributed by atoms with Crippen molar-refractivity contribution in [1.82, 2.24) is 4.98 Å². The van der Waals surface area contributed by atoms with Crippen LogP contribution < -0.4 is 10.2 Å². The van der Waals surface area contributed by atoms with Crippen LogP contribution in [0.3, 0.4) is 0 Å². The quantitative estimate of drug-likeness (QED) is 0.381. The fraction of sp³-hybridized carbons (Fsp3) is 0.115. The Morgan fingerprint density at radius 3 is 2.27 bits per heavy atom. The molecule has 1 heterocycles. The van der Waals surface area contributed by atoms with Crippen LogP contribution in [0.4, 0.5) is 0 Å². The molecule has 30 heavy (non-hydrogen) atoms. The maximum absolute atomic E-state index is 12.3. The minimum atomic E-state index is -0.0720. The molecule has 0 saturated carbocycles. The van der Waals surface area contributed by atoms with E-state index in [1.807, 2.05) is 66.7 Å². The molecule has 0 atom stereocenters. The molecule has 4 rings (SSSR count). The van der Waals surface area contributed by atoms with Gasteiger partial charge in [-0.1, -0.05) is 72.5 Å². The molecule has 148 valence electrons. The van der Waals surface area contributed by atoms with Gasteiger partial charge in [-0.25, -0.2) is 0 Å². The van der Waals surface area contributed by atoms with Crippen molar-refractivity contribution in [2.24, 2.45) is 0 Å². The highest BCUT2D eigenvalue weighted by Gasteiger charge is 2.08. The van der Waals surface area contributed by atoms with Crippen molar-refractivity contribution in [2.75, 3.05) is 6.61 Å². The molecule has 0 bridgehead atoms. The van der Waals surface area contributed by atoms with Crippen LogP contribution in [0.2, 0.25) is 0 Å². The zero-order chi connectivity index (χ0) is 20.6. The summed E-state index contributed by atoms with van der Waals surface area (Å²) in [5, 5.41) is 0.553. The molecule has 3 aromatic carbocycles. The molecular formula is C26H21NO3. The van der Waals surface area contributed by atoms with Crippen LogP contribution in [0.15, 0.2) is 89.9 Å². The third-order valence-electron chi connectivity index (χ3n) is 4.59. The van der Waals surface area contributed by atoms with E-state index in [1.54, 1.807) is 12.3 Å². The van der Waals surface area contributed by atoms with Crippen LogP contribution in [-0.2, 0) is 18.0 Å². The number of benzene rings is 3. The van der Waals surface area contributed by atoms with Gasteiger partial charge in [0.2, 0.25) is 0 Å².